The van der Waals surface area contributed by atoms with E-state index in [0.29, 0.717) is 12.1 Å². The second-order valence-corrected chi connectivity index (χ2v) is 6.84. The van der Waals surface area contributed by atoms with E-state index in [1.165, 1.54) is 12.1 Å². The van der Waals surface area contributed by atoms with Crippen molar-refractivity contribution in [2.75, 3.05) is 17.2 Å². The summed E-state index contributed by atoms with van der Waals surface area (Å²) >= 11 is 11.7. The van der Waals surface area contributed by atoms with Crippen molar-refractivity contribution in [2.24, 2.45) is 5.73 Å². The summed E-state index contributed by atoms with van der Waals surface area (Å²) in [7, 11) is 0. The fraction of sp³-hybridized carbons (Fsp3) is 0.278. The highest BCUT2D eigenvalue weighted by Gasteiger charge is 2.26. The van der Waals surface area contributed by atoms with E-state index in [1.807, 2.05) is 19.1 Å². The van der Waals surface area contributed by atoms with E-state index in [1.54, 1.807) is 6.07 Å². The van der Waals surface area contributed by atoms with Gasteiger partial charge in [0.25, 0.3) is 0 Å². The summed E-state index contributed by atoms with van der Waals surface area (Å²) in [5.74, 6) is -1.76. The highest BCUT2D eigenvalue weighted by molar-refractivity contribution is 6.42. The fourth-order valence-corrected chi connectivity index (χ4v) is 3.32. The molecule has 2 atom stereocenters. The van der Waals surface area contributed by atoms with Crippen molar-refractivity contribution in [3.8, 4) is 0 Å². The standard InChI is InChI=1S/C18H18Cl2FN3O/c1-9-13-8-10(2-5-15(13)23-9)24-18(25)12(6-7-22)11-3-4-14(19)16(20)17(11)21/h2-5,8-9,12,23H,6-7,22H2,1H3,(H,24,25). The van der Waals surface area contributed by atoms with Crippen molar-refractivity contribution in [3.05, 3.63) is 57.3 Å². The molecule has 0 spiro atoms. The Morgan fingerprint density at radius 2 is 2.12 bits per heavy atom. The van der Waals surface area contributed by atoms with Crippen LogP contribution in [0.25, 0.3) is 0 Å². The van der Waals surface area contributed by atoms with Crippen molar-refractivity contribution in [1.82, 2.24) is 0 Å². The SMILES string of the molecule is CC1Nc2ccc(NC(=O)C(CCN)c3ccc(Cl)c(Cl)c3F)cc21. The number of hydrogen-bond donors (Lipinski definition) is 3. The molecule has 0 radical (unpaired) electrons. The second kappa shape index (κ2) is 7.20. The molecule has 0 saturated carbocycles. The summed E-state index contributed by atoms with van der Waals surface area (Å²) in [4.78, 5) is 12.7. The molecule has 0 saturated heterocycles. The van der Waals surface area contributed by atoms with Gasteiger partial charge in [0.2, 0.25) is 5.91 Å². The number of hydrogen-bond acceptors (Lipinski definition) is 3. The van der Waals surface area contributed by atoms with Gasteiger partial charge in [0, 0.05) is 16.9 Å². The zero-order chi connectivity index (χ0) is 18.1. The van der Waals surface area contributed by atoms with Gasteiger partial charge in [0.15, 0.2) is 0 Å². The topological polar surface area (TPSA) is 67.1 Å². The highest BCUT2D eigenvalue weighted by Crippen LogP contribution is 2.38. The molecule has 2 aromatic rings. The zero-order valence-corrected chi connectivity index (χ0v) is 15.1. The van der Waals surface area contributed by atoms with Crippen molar-refractivity contribution in [2.45, 2.75) is 25.3 Å². The van der Waals surface area contributed by atoms with Gasteiger partial charge >= 0.3 is 0 Å². The first-order chi connectivity index (χ1) is 11.9. The minimum Gasteiger partial charge on any atom is -0.378 e. The molecule has 1 aliphatic rings. The Morgan fingerprint density at radius 1 is 1.36 bits per heavy atom. The second-order valence-electron chi connectivity index (χ2n) is 6.05. The van der Waals surface area contributed by atoms with Crippen LogP contribution in [0, 0.1) is 5.82 Å². The fourth-order valence-electron chi connectivity index (χ4n) is 3.00. The third kappa shape index (κ3) is 3.45. The Hall–Kier alpha value is -1.82. The molecule has 132 valence electrons. The first-order valence-electron chi connectivity index (χ1n) is 7.97. The number of halogens is 3. The maximum absolute atomic E-state index is 14.5. The zero-order valence-electron chi connectivity index (χ0n) is 13.6. The predicted octanol–water partition coefficient (Wildman–Crippen LogP) is 4.69. The van der Waals surface area contributed by atoms with Crippen LogP contribution in [0.4, 0.5) is 15.8 Å². The summed E-state index contributed by atoms with van der Waals surface area (Å²) in [5, 5.41) is 6.02. The number of nitrogens with two attached hydrogens (primary N) is 1. The van der Waals surface area contributed by atoms with Crippen LogP contribution in [-0.4, -0.2) is 12.5 Å². The number of benzene rings is 2. The van der Waals surface area contributed by atoms with Gasteiger partial charge in [-0.15, -0.1) is 0 Å². The molecule has 3 rings (SSSR count). The maximum atomic E-state index is 14.5. The van der Waals surface area contributed by atoms with Gasteiger partial charge in [0.05, 0.1) is 22.0 Å². The van der Waals surface area contributed by atoms with Gasteiger partial charge in [0.1, 0.15) is 5.82 Å². The molecule has 1 amide bonds. The van der Waals surface area contributed by atoms with E-state index in [9.17, 15) is 9.18 Å². The summed E-state index contributed by atoms with van der Waals surface area (Å²) < 4.78 is 14.5. The molecule has 25 heavy (non-hydrogen) atoms. The number of anilines is 2. The average Bonchev–Trinajstić information content (AvgIpc) is 2.59. The minimum atomic E-state index is -0.749. The lowest BCUT2D eigenvalue weighted by molar-refractivity contribution is -0.117. The number of rotatable bonds is 5. The summed E-state index contributed by atoms with van der Waals surface area (Å²) in [6.07, 6.45) is 0.295. The van der Waals surface area contributed by atoms with Gasteiger partial charge in [-0.3, -0.25) is 4.79 Å². The largest absolute Gasteiger partial charge is 0.378 e. The van der Waals surface area contributed by atoms with Crippen LogP contribution in [0.15, 0.2) is 30.3 Å². The van der Waals surface area contributed by atoms with E-state index < -0.39 is 11.7 Å². The summed E-state index contributed by atoms with van der Waals surface area (Å²) in [6, 6.07) is 8.84. The Balaban J connectivity index is 1.85. The molecule has 0 aromatic heterocycles. The van der Waals surface area contributed by atoms with E-state index in [-0.39, 0.29) is 34.1 Å². The molecule has 1 heterocycles. The first-order valence-corrected chi connectivity index (χ1v) is 8.72. The molecule has 1 aliphatic heterocycles. The van der Waals surface area contributed by atoms with Crippen molar-refractivity contribution in [1.29, 1.82) is 0 Å². The molecular weight excluding hydrogens is 364 g/mol. The molecule has 4 N–H and O–H groups in total. The first kappa shape index (κ1) is 18.0. The van der Waals surface area contributed by atoms with Gasteiger partial charge in [-0.1, -0.05) is 29.3 Å². The van der Waals surface area contributed by atoms with Gasteiger partial charge < -0.3 is 16.4 Å². The van der Waals surface area contributed by atoms with Crippen molar-refractivity contribution >= 4 is 40.5 Å². The van der Waals surface area contributed by atoms with Gasteiger partial charge in [-0.2, -0.15) is 0 Å². The maximum Gasteiger partial charge on any atom is 0.232 e. The molecule has 0 aliphatic carbocycles. The quantitative estimate of drug-likeness (QED) is 0.658. The lowest BCUT2D eigenvalue weighted by Crippen LogP contribution is -2.25. The van der Waals surface area contributed by atoms with Crippen molar-refractivity contribution < 1.29 is 9.18 Å². The smallest absolute Gasteiger partial charge is 0.232 e. The van der Waals surface area contributed by atoms with E-state index >= 15 is 0 Å². The molecule has 2 unspecified atom stereocenters. The Labute approximate surface area is 155 Å². The molecular formula is C18H18Cl2FN3O. The Bertz CT molecular complexity index is 828. The Morgan fingerprint density at radius 3 is 2.80 bits per heavy atom. The third-order valence-electron chi connectivity index (χ3n) is 4.37. The highest BCUT2D eigenvalue weighted by atomic mass is 35.5. The number of nitrogens with one attached hydrogen (secondary N) is 2. The summed E-state index contributed by atoms with van der Waals surface area (Å²) in [5.41, 5.74) is 8.66. The number of fused-ring (bicyclic) bond motifs is 1. The van der Waals surface area contributed by atoms with Crippen LogP contribution >= 0.6 is 23.2 Å². The monoisotopic (exact) mass is 381 g/mol. The molecule has 4 nitrogen and oxygen atoms in total. The molecule has 2 aromatic carbocycles. The van der Waals surface area contributed by atoms with Crippen LogP contribution in [-0.2, 0) is 4.79 Å². The van der Waals surface area contributed by atoms with Crippen LogP contribution in [0.5, 0.6) is 0 Å². The Kier molecular flexibility index (Phi) is 5.18. The van der Waals surface area contributed by atoms with Crippen LogP contribution in [0.2, 0.25) is 10.0 Å². The lowest BCUT2D eigenvalue weighted by Gasteiger charge is -2.30. The van der Waals surface area contributed by atoms with Gasteiger partial charge in [-0.25, -0.2) is 4.39 Å². The lowest BCUT2D eigenvalue weighted by atomic mass is 9.93. The number of carbonyl (C=O) groups excluding carboxylic acids is 1. The average molecular weight is 382 g/mol. The predicted molar refractivity (Wildman–Crippen MR) is 99.9 cm³/mol. The number of amides is 1. The number of carbonyl (C=O) groups is 1. The third-order valence-corrected chi connectivity index (χ3v) is 5.15. The van der Waals surface area contributed by atoms with E-state index in [0.717, 1.165) is 11.3 Å². The normalized spacial score (nSPS) is 16.4. The molecule has 0 bridgehead atoms. The molecule has 0 fully saturated rings. The van der Waals surface area contributed by atoms with Crippen LogP contribution in [0.1, 0.15) is 36.4 Å². The van der Waals surface area contributed by atoms with Gasteiger partial charge in [-0.05, 0) is 49.7 Å². The van der Waals surface area contributed by atoms with Crippen LogP contribution < -0.4 is 16.4 Å². The van der Waals surface area contributed by atoms with Crippen molar-refractivity contribution in [3.63, 3.8) is 0 Å². The van der Waals surface area contributed by atoms with Crippen LogP contribution in [0.3, 0.4) is 0 Å². The minimum absolute atomic E-state index is 0.110. The van der Waals surface area contributed by atoms with E-state index in [4.69, 9.17) is 28.9 Å². The summed E-state index contributed by atoms with van der Waals surface area (Å²) in [6.45, 7) is 2.28. The van der Waals surface area contributed by atoms with E-state index in [2.05, 4.69) is 10.6 Å². The molecule has 7 heteroatoms.